The second-order valence-corrected chi connectivity index (χ2v) is 7.28. The summed E-state index contributed by atoms with van der Waals surface area (Å²) in [6.07, 6.45) is 8.15. The number of hydrogen-bond donors (Lipinski definition) is 1. The maximum absolute atomic E-state index is 12.8. The molecule has 0 aliphatic heterocycles. The molecular weight excluding hydrogens is 364 g/mol. The van der Waals surface area contributed by atoms with Gasteiger partial charge in [-0.1, -0.05) is 6.07 Å². The van der Waals surface area contributed by atoms with E-state index in [4.69, 9.17) is 0 Å². The van der Waals surface area contributed by atoms with Gasteiger partial charge in [0.05, 0.1) is 5.52 Å². The Labute approximate surface area is 169 Å². The van der Waals surface area contributed by atoms with E-state index in [9.17, 15) is 4.79 Å². The average Bonchev–Trinajstić information content (AvgIpc) is 3.29. The predicted molar refractivity (Wildman–Crippen MR) is 112 cm³/mol. The quantitative estimate of drug-likeness (QED) is 0.549. The molecule has 0 unspecified atom stereocenters. The first kappa shape index (κ1) is 18.9. The summed E-state index contributed by atoms with van der Waals surface area (Å²) < 4.78 is 4.03. The molecule has 0 saturated carbocycles. The summed E-state index contributed by atoms with van der Waals surface area (Å²) in [4.78, 5) is 26.2. The van der Waals surface area contributed by atoms with Gasteiger partial charge < -0.3 is 9.88 Å². The fourth-order valence-electron chi connectivity index (χ4n) is 3.46. The first-order valence-corrected chi connectivity index (χ1v) is 9.74. The number of hydrogen-bond acceptors (Lipinski definition) is 4. The number of nitrogens with zero attached hydrogens (tertiary/aromatic N) is 5. The van der Waals surface area contributed by atoms with Gasteiger partial charge >= 0.3 is 0 Å². The largest absolute Gasteiger partial charge is 0.350 e. The Hall–Kier alpha value is -3.48. The van der Waals surface area contributed by atoms with Gasteiger partial charge in [0.2, 0.25) is 0 Å². The molecule has 0 aromatic carbocycles. The lowest BCUT2D eigenvalue weighted by molar-refractivity contribution is 0.0951. The molecule has 7 nitrogen and oxygen atoms in total. The van der Waals surface area contributed by atoms with Crippen molar-refractivity contribution in [3.8, 4) is 11.5 Å². The molecule has 0 aliphatic rings. The number of aryl methyl sites for hydroxylation is 1. The van der Waals surface area contributed by atoms with Gasteiger partial charge in [0.15, 0.2) is 11.5 Å². The maximum Gasteiger partial charge on any atom is 0.272 e. The molecule has 4 aromatic rings. The Morgan fingerprint density at radius 1 is 1.14 bits per heavy atom. The first-order valence-electron chi connectivity index (χ1n) is 9.74. The Balaban J connectivity index is 1.62. The first-order chi connectivity index (χ1) is 14.0. The number of imidazole rings is 2. The van der Waals surface area contributed by atoms with Crippen LogP contribution in [-0.4, -0.2) is 36.4 Å². The molecule has 4 aromatic heterocycles. The van der Waals surface area contributed by atoms with E-state index in [1.807, 2.05) is 54.0 Å². The molecule has 1 amide bonds. The van der Waals surface area contributed by atoms with Crippen LogP contribution in [0.25, 0.3) is 17.0 Å². The molecule has 7 heteroatoms. The van der Waals surface area contributed by atoms with E-state index in [0.717, 1.165) is 29.0 Å². The van der Waals surface area contributed by atoms with Crippen LogP contribution in [0.5, 0.6) is 0 Å². The third kappa shape index (κ3) is 3.76. The Morgan fingerprint density at radius 2 is 1.93 bits per heavy atom. The number of fused-ring (bicyclic) bond motifs is 1. The summed E-state index contributed by atoms with van der Waals surface area (Å²) >= 11 is 0. The van der Waals surface area contributed by atoms with E-state index < -0.39 is 0 Å². The Bertz CT molecular complexity index is 1140. The highest BCUT2D eigenvalue weighted by atomic mass is 16.1. The number of pyridine rings is 2. The normalized spacial score (nSPS) is 11.3. The van der Waals surface area contributed by atoms with Crippen molar-refractivity contribution in [1.82, 2.24) is 29.2 Å². The van der Waals surface area contributed by atoms with E-state index >= 15 is 0 Å². The summed E-state index contributed by atoms with van der Waals surface area (Å²) in [6.45, 7) is 6.74. The van der Waals surface area contributed by atoms with E-state index in [2.05, 4.69) is 38.7 Å². The second-order valence-electron chi connectivity index (χ2n) is 7.28. The van der Waals surface area contributed by atoms with Crippen LogP contribution in [0, 0.1) is 6.92 Å². The van der Waals surface area contributed by atoms with Crippen LogP contribution >= 0.6 is 0 Å². The smallest absolute Gasteiger partial charge is 0.272 e. The van der Waals surface area contributed by atoms with Crippen LogP contribution in [-0.2, 0) is 6.42 Å². The van der Waals surface area contributed by atoms with Crippen LogP contribution in [0.1, 0.15) is 41.8 Å². The summed E-state index contributed by atoms with van der Waals surface area (Å²) in [6, 6.07) is 9.94. The van der Waals surface area contributed by atoms with Gasteiger partial charge in [0, 0.05) is 37.4 Å². The number of amides is 1. The molecule has 0 atom stereocenters. The molecule has 0 radical (unpaired) electrons. The summed E-state index contributed by atoms with van der Waals surface area (Å²) in [5.41, 5.74) is 3.06. The fourth-order valence-corrected chi connectivity index (χ4v) is 3.46. The Kier molecular flexibility index (Phi) is 5.12. The van der Waals surface area contributed by atoms with Crippen molar-refractivity contribution in [1.29, 1.82) is 0 Å². The molecule has 29 heavy (non-hydrogen) atoms. The van der Waals surface area contributed by atoms with Crippen molar-refractivity contribution in [2.45, 2.75) is 33.2 Å². The van der Waals surface area contributed by atoms with E-state index in [-0.39, 0.29) is 5.91 Å². The van der Waals surface area contributed by atoms with Gasteiger partial charge in [-0.25, -0.2) is 9.97 Å². The Morgan fingerprint density at radius 3 is 2.66 bits per heavy atom. The molecule has 0 aliphatic carbocycles. The van der Waals surface area contributed by atoms with Crippen molar-refractivity contribution >= 4 is 11.4 Å². The minimum absolute atomic E-state index is 0.186. The SMILES string of the molecule is Cc1nc(-c2nc(C(=O)NCCc3ccncc3)c3ccccn23)cn1C(C)C. The maximum atomic E-state index is 12.8. The standard InChI is InChI=1S/C22H24N6O/c1-15(2)28-14-18(25-16(28)3)21-26-20(19-6-4-5-13-27(19)21)22(29)24-12-9-17-7-10-23-11-8-17/h4-8,10-11,13-15H,9,12H2,1-3H3,(H,24,29). The third-order valence-electron chi connectivity index (χ3n) is 4.91. The van der Waals surface area contributed by atoms with Crippen LogP contribution < -0.4 is 5.32 Å². The fraction of sp³-hybridized carbons (Fsp3) is 0.273. The molecule has 148 valence electrons. The van der Waals surface area contributed by atoms with E-state index in [1.165, 1.54) is 0 Å². The molecule has 0 bridgehead atoms. The number of nitrogens with one attached hydrogen (secondary N) is 1. The predicted octanol–water partition coefficient (Wildman–Crippen LogP) is 3.45. The van der Waals surface area contributed by atoms with Crippen LogP contribution in [0.3, 0.4) is 0 Å². The van der Waals surface area contributed by atoms with Crippen molar-refractivity contribution in [2.24, 2.45) is 0 Å². The molecular formula is C22H24N6O. The highest BCUT2D eigenvalue weighted by molar-refractivity contribution is 5.99. The summed E-state index contributed by atoms with van der Waals surface area (Å²) in [5, 5.41) is 2.98. The van der Waals surface area contributed by atoms with Gasteiger partial charge in [-0.15, -0.1) is 0 Å². The van der Waals surface area contributed by atoms with Gasteiger partial charge in [0.25, 0.3) is 5.91 Å². The minimum Gasteiger partial charge on any atom is -0.350 e. The lowest BCUT2D eigenvalue weighted by Gasteiger charge is -2.07. The molecule has 4 heterocycles. The molecule has 0 saturated heterocycles. The molecule has 0 spiro atoms. The summed E-state index contributed by atoms with van der Waals surface area (Å²) in [7, 11) is 0. The van der Waals surface area contributed by atoms with Gasteiger partial charge in [0.1, 0.15) is 11.5 Å². The number of carbonyl (C=O) groups is 1. The topological polar surface area (TPSA) is 77.1 Å². The van der Waals surface area contributed by atoms with Crippen LogP contribution in [0.15, 0.2) is 55.1 Å². The number of aromatic nitrogens is 5. The molecule has 4 rings (SSSR count). The van der Waals surface area contributed by atoms with E-state index in [1.54, 1.807) is 12.4 Å². The highest BCUT2D eigenvalue weighted by Gasteiger charge is 2.20. The van der Waals surface area contributed by atoms with Gasteiger partial charge in [-0.3, -0.25) is 14.2 Å². The second kappa shape index (κ2) is 7.87. The zero-order valence-electron chi connectivity index (χ0n) is 16.8. The molecule has 0 fully saturated rings. The lowest BCUT2D eigenvalue weighted by Crippen LogP contribution is -2.26. The lowest BCUT2D eigenvalue weighted by atomic mass is 10.2. The van der Waals surface area contributed by atoms with Crippen molar-refractivity contribution in [2.75, 3.05) is 6.54 Å². The van der Waals surface area contributed by atoms with Crippen molar-refractivity contribution in [3.05, 3.63) is 72.2 Å². The zero-order chi connectivity index (χ0) is 20.4. The van der Waals surface area contributed by atoms with Gasteiger partial charge in [-0.2, -0.15) is 0 Å². The monoisotopic (exact) mass is 388 g/mol. The van der Waals surface area contributed by atoms with Gasteiger partial charge in [-0.05, 0) is 57.0 Å². The zero-order valence-corrected chi connectivity index (χ0v) is 16.8. The summed E-state index contributed by atoms with van der Waals surface area (Å²) in [5.74, 6) is 1.41. The number of rotatable bonds is 6. The van der Waals surface area contributed by atoms with Crippen LogP contribution in [0.4, 0.5) is 0 Å². The molecule has 1 N–H and O–H groups in total. The average molecular weight is 388 g/mol. The number of carbonyl (C=O) groups excluding carboxylic acids is 1. The van der Waals surface area contributed by atoms with Crippen molar-refractivity contribution in [3.63, 3.8) is 0 Å². The van der Waals surface area contributed by atoms with E-state index in [0.29, 0.717) is 24.1 Å². The van der Waals surface area contributed by atoms with Crippen molar-refractivity contribution < 1.29 is 4.79 Å². The van der Waals surface area contributed by atoms with Crippen LogP contribution in [0.2, 0.25) is 0 Å². The minimum atomic E-state index is -0.186. The third-order valence-corrected chi connectivity index (χ3v) is 4.91. The highest BCUT2D eigenvalue weighted by Crippen LogP contribution is 2.24.